The van der Waals surface area contributed by atoms with Crippen LogP contribution in [-0.2, 0) is 19.2 Å². The minimum atomic E-state index is -0.811. The third-order valence-corrected chi connectivity index (χ3v) is 3.48. The zero-order valence-corrected chi connectivity index (χ0v) is 13.0. The van der Waals surface area contributed by atoms with E-state index in [1.807, 2.05) is 41.5 Å². The van der Waals surface area contributed by atoms with Crippen molar-refractivity contribution in [3.05, 3.63) is 12.7 Å². The van der Waals surface area contributed by atoms with Gasteiger partial charge in [0, 0.05) is 6.08 Å². The van der Waals surface area contributed by atoms with E-state index in [4.69, 9.17) is 4.84 Å². The number of imide groups is 1. The summed E-state index contributed by atoms with van der Waals surface area (Å²) in [4.78, 5) is 41.0. The molecule has 5 nitrogen and oxygen atoms in total. The standard InChI is InChI=1S/C15H23NO4/c1-8-9(17)20-16-12(18)10(14(2,3)4)11(13(16)19)15(5,6)7/h8,10-11H,1H2,2-7H3. The number of rotatable bonds is 2. The Labute approximate surface area is 119 Å². The SMILES string of the molecule is C=CC(=O)ON1C(=O)C(C(C)(C)C)C(C(C)(C)C)C1=O. The Balaban J connectivity index is 3.24. The van der Waals surface area contributed by atoms with E-state index >= 15 is 0 Å². The molecule has 0 saturated carbocycles. The van der Waals surface area contributed by atoms with Crippen molar-refractivity contribution in [3.8, 4) is 0 Å². The Hall–Kier alpha value is -1.65. The highest BCUT2D eigenvalue weighted by atomic mass is 16.7. The molecule has 0 spiro atoms. The first-order valence-electron chi connectivity index (χ1n) is 6.63. The minimum Gasteiger partial charge on any atom is -0.326 e. The quantitative estimate of drug-likeness (QED) is 0.575. The van der Waals surface area contributed by atoms with Crippen LogP contribution in [0.1, 0.15) is 41.5 Å². The number of hydroxylamine groups is 2. The van der Waals surface area contributed by atoms with E-state index in [9.17, 15) is 14.4 Å². The highest BCUT2D eigenvalue weighted by molar-refractivity contribution is 6.05. The second-order valence-electron chi connectivity index (χ2n) is 7.27. The van der Waals surface area contributed by atoms with Crippen LogP contribution in [0.15, 0.2) is 12.7 Å². The van der Waals surface area contributed by atoms with E-state index in [0.717, 1.165) is 6.08 Å². The Morgan fingerprint density at radius 3 is 1.65 bits per heavy atom. The predicted molar refractivity (Wildman–Crippen MR) is 74.0 cm³/mol. The zero-order valence-electron chi connectivity index (χ0n) is 13.0. The van der Waals surface area contributed by atoms with Gasteiger partial charge in [-0.3, -0.25) is 9.59 Å². The van der Waals surface area contributed by atoms with Gasteiger partial charge in [0.1, 0.15) is 0 Å². The molecule has 0 aromatic rings. The smallest absolute Gasteiger partial charge is 0.326 e. The van der Waals surface area contributed by atoms with Crippen LogP contribution in [0.4, 0.5) is 0 Å². The van der Waals surface area contributed by atoms with Crippen molar-refractivity contribution < 1.29 is 19.2 Å². The molecule has 1 heterocycles. The first kappa shape index (κ1) is 16.4. The normalized spacial score (nSPS) is 24.0. The van der Waals surface area contributed by atoms with E-state index < -0.39 is 40.4 Å². The van der Waals surface area contributed by atoms with Crippen LogP contribution in [0.25, 0.3) is 0 Å². The molecule has 1 saturated heterocycles. The molecular formula is C15H23NO4. The molecule has 1 aliphatic rings. The first-order valence-corrected chi connectivity index (χ1v) is 6.63. The van der Waals surface area contributed by atoms with E-state index in [0.29, 0.717) is 5.06 Å². The molecule has 0 N–H and O–H groups in total. The summed E-state index contributed by atoms with van der Waals surface area (Å²) in [6, 6.07) is 0. The highest BCUT2D eigenvalue weighted by Gasteiger charge is 2.58. The Kier molecular flexibility index (Phi) is 4.13. The maximum Gasteiger partial charge on any atom is 0.356 e. The van der Waals surface area contributed by atoms with Crippen molar-refractivity contribution in [1.29, 1.82) is 0 Å². The summed E-state index contributed by atoms with van der Waals surface area (Å²) in [5.41, 5.74) is -0.806. The lowest BCUT2D eigenvalue weighted by Crippen LogP contribution is -2.38. The average molecular weight is 281 g/mol. The summed E-state index contributed by atoms with van der Waals surface area (Å²) in [6.07, 6.45) is 0.928. The van der Waals surface area contributed by atoms with Crippen LogP contribution in [0.5, 0.6) is 0 Å². The molecule has 1 aliphatic heterocycles. The van der Waals surface area contributed by atoms with Crippen molar-refractivity contribution >= 4 is 17.8 Å². The Morgan fingerprint density at radius 2 is 1.40 bits per heavy atom. The van der Waals surface area contributed by atoms with Crippen molar-refractivity contribution in [2.45, 2.75) is 41.5 Å². The van der Waals surface area contributed by atoms with Crippen molar-refractivity contribution in [1.82, 2.24) is 5.06 Å². The van der Waals surface area contributed by atoms with E-state index in [1.165, 1.54) is 0 Å². The minimum absolute atomic E-state index is 0.403. The van der Waals surface area contributed by atoms with E-state index in [2.05, 4.69) is 6.58 Å². The molecule has 20 heavy (non-hydrogen) atoms. The first-order chi connectivity index (χ1) is 8.91. The van der Waals surface area contributed by atoms with Crippen LogP contribution in [0, 0.1) is 22.7 Å². The van der Waals surface area contributed by atoms with Crippen LogP contribution in [0.2, 0.25) is 0 Å². The van der Waals surface area contributed by atoms with Crippen molar-refractivity contribution in [2.75, 3.05) is 0 Å². The van der Waals surface area contributed by atoms with Gasteiger partial charge in [-0.05, 0) is 10.8 Å². The number of hydrogen-bond donors (Lipinski definition) is 0. The molecule has 1 rings (SSSR count). The van der Waals surface area contributed by atoms with Gasteiger partial charge in [-0.2, -0.15) is 0 Å². The molecule has 0 bridgehead atoms. The monoisotopic (exact) mass is 281 g/mol. The van der Waals surface area contributed by atoms with Gasteiger partial charge in [0.05, 0.1) is 11.8 Å². The summed E-state index contributed by atoms with van der Waals surface area (Å²) >= 11 is 0. The number of carbonyl (C=O) groups excluding carboxylic acids is 3. The third-order valence-electron chi connectivity index (χ3n) is 3.48. The summed E-state index contributed by atoms with van der Waals surface area (Å²) in [7, 11) is 0. The molecule has 0 radical (unpaired) electrons. The lowest BCUT2D eigenvalue weighted by atomic mass is 9.65. The fourth-order valence-electron chi connectivity index (χ4n) is 2.60. The fraction of sp³-hybridized carbons (Fsp3) is 0.667. The lowest BCUT2D eigenvalue weighted by molar-refractivity contribution is -0.195. The third kappa shape index (κ3) is 2.92. The molecule has 0 aromatic heterocycles. The van der Waals surface area contributed by atoms with Crippen LogP contribution in [-0.4, -0.2) is 22.8 Å². The number of nitrogens with zero attached hydrogens (tertiary/aromatic N) is 1. The maximum atomic E-state index is 12.5. The van der Waals surface area contributed by atoms with Gasteiger partial charge >= 0.3 is 5.97 Å². The Bertz CT molecular complexity index is 421. The molecule has 112 valence electrons. The van der Waals surface area contributed by atoms with Gasteiger partial charge in [-0.15, -0.1) is 5.06 Å². The second-order valence-corrected chi connectivity index (χ2v) is 7.27. The van der Waals surface area contributed by atoms with Gasteiger partial charge in [-0.25, -0.2) is 4.79 Å². The molecule has 2 amide bonds. The second kappa shape index (κ2) is 5.04. The molecule has 2 unspecified atom stereocenters. The molecule has 0 aromatic carbocycles. The van der Waals surface area contributed by atoms with Crippen molar-refractivity contribution in [3.63, 3.8) is 0 Å². The lowest BCUT2D eigenvalue weighted by Gasteiger charge is -2.35. The molecule has 2 atom stereocenters. The number of amides is 2. The van der Waals surface area contributed by atoms with Gasteiger partial charge in [0.2, 0.25) is 0 Å². The Morgan fingerprint density at radius 1 is 1.05 bits per heavy atom. The van der Waals surface area contributed by atoms with Gasteiger partial charge < -0.3 is 4.84 Å². The largest absolute Gasteiger partial charge is 0.356 e. The van der Waals surface area contributed by atoms with Crippen LogP contribution >= 0.6 is 0 Å². The van der Waals surface area contributed by atoms with Crippen LogP contribution in [0.3, 0.4) is 0 Å². The topological polar surface area (TPSA) is 63.7 Å². The van der Waals surface area contributed by atoms with Crippen molar-refractivity contribution in [2.24, 2.45) is 22.7 Å². The average Bonchev–Trinajstić information content (AvgIpc) is 2.52. The van der Waals surface area contributed by atoms with E-state index in [-0.39, 0.29) is 0 Å². The van der Waals surface area contributed by atoms with Crippen LogP contribution < -0.4 is 0 Å². The summed E-state index contributed by atoms with van der Waals surface area (Å²) < 4.78 is 0. The van der Waals surface area contributed by atoms with E-state index in [1.54, 1.807) is 0 Å². The van der Waals surface area contributed by atoms with Gasteiger partial charge in [0.25, 0.3) is 11.8 Å². The summed E-state index contributed by atoms with van der Waals surface area (Å²) in [5.74, 6) is -2.77. The molecule has 0 aliphatic carbocycles. The zero-order chi connectivity index (χ0) is 15.9. The molecular weight excluding hydrogens is 258 g/mol. The number of carbonyl (C=O) groups is 3. The fourth-order valence-corrected chi connectivity index (χ4v) is 2.60. The summed E-state index contributed by atoms with van der Waals surface area (Å²) in [6.45, 7) is 14.7. The maximum absolute atomic E-state index is 12.5. The van der Waals surface area contributed by atoms with Gasteiger partial charge in [0.15, 0.2) is 0 Å². The predicted octanol–water partition coefficient (Wildman–Crippen LogP) is 2.32. The van der Waals surface area contributed by atoms with Gasteiger partial charge in [-0.1, -0.05) is 48.1 Å². The highest BCUT2D eigenvalue weighted by Crippen LogP contribution is 2.47. The number of hydrogen-bond acceptors (Lipinski definition) is 4. The molecule has 5 heteroatoms. The molecule has 1 fully saturated rings. The summed E-state index contributed by atoms with van der Waals surface area (Å²) in [5, 5.41) is 0.607.